The highest BCUT2D eigenvalue weighted by Gasteiger charge is 2.11. The first-order chi connectivity index (χ1) is 43.9. The van der Waals surface area contributed by atoms with Crippen LogP contribution in [0.4, 0.5) is 5.69 Å². The number of nitriles is 4. The summed E-state index contributed by atoms with van der Waals surface area (Å²) in [6.45, 7) is 6.95. The molecule has 0 radical (unpaired) electrons. The van der Waals surface area contributed by atoms with E-state index in [1.54, 1.807) is 104 Å². The van der Waals surface area contributed by atoms with Gasteiger partial charge in [0.1, 0.15) is 44.8 Å². The highest BCUT2D eigenvalue weighted by molar-refractivity contribution is 9.10. The van der Waals surface area contributed by atoms with E-state index in [1.165, 1.54) is 55.0 Å². The minimum Gasteiger partial charge on any atom is -0.423 e. The summed E-state index contributed by atoms with van der Waals surface area (Å²) in [4.78, 5) is 36.4. The largest absolute Gasteiger partial charge is 0.490 e. The third kappa shape index (κ3) is 24.0. The van der Waals surface area contributed by atoms with Crippen molar-refractivity contribution in [1.82, 2.24) is 39.9 Å². The molecule has 0 aliphatic rings. The van der Waals surface area contributed by atoms with Gasteiger partial charge in [-0.05, 0) is 130 Å². The molecule has 8 aromatic heterocycles. The zero-order valence-electron chi connectivity index (χ0n) is 48.1. The van der Waals surface area contributed by atoms with E-state index in [2.05, 4.69) is 60.6 Å². The smallest absolute Gasteiger partial charge is 0.423 e. The lowest BCUT2D eigenvalue weighted by molar-refractivity contribution is 0.424. The second-order valence-electron chi connectivity index (χ2n) is 18.2. The molecule has 11 rings (SSSR count). The van der Waals surface area contributed by atoms with Crippen LogP contribution in [0, 0.1) is 62.7 Å². The maximum absolute atomic E-state index is 8.78. The number of hydrogen-bond donors (Lipinski definition) is 8. The Morgan fingerprint density at radius 1 is 0.398 bits per heavy atom. The Labute approximate surface area is 565 Å². The van der Waals surface area contributed by atoms with Crippen LogP contribution in [0.2, 0.25) is 10.3 Å². The van der Waals surface area contributed by atoms with Gasteiger partial charge in [-0.15, -0.1) is 24.8 Å². The molecule has 8 heterocycles. The lowest BCUT2D eigenvalue weighted by Gasteiger charge is -2.05. The summed E-state index contributed by atoms with van der Waals surface area (Å²) in [6.07, 6.45) is 12.6. The molecule has 3 aromatic carbocycles. The van der Waals surface area contributed by atoms with Gasteiger partial charge in [-0.3, -0.25) is 35.7 Å². The van der Waals surface area contributed by atoms with Gasteiger partial charge in [-0.2, -0.15) is 21.0 Å². The zero-order chi connectivity index (χ0) is 65.7. The molecule has 0 aliphatic heterocycles. The molecule has 21 nitrogen and oxygen atoms in total. The van der Waals surface area contributed by atoms with E-state index >= 15 is 0 Å². The summed E-state index contributed by atoms with van der Waals surface area (Å²) < 4.78 is 0.751. The number of aromatic nitrogens is 8. The van der Waals surface area contributed by atoms with Crippen molar-refractivity contribution in [1.29, 1.82) is 31.9 Å². The van der Waals surface area contributed by atoms with Gasteiger partial charge < -0.3 is 31.6 Å². The fourth-order valence-electron chi connectivity index (χ4n) is 7.18. The van der Waals surface area contributed by atoms with Crippen molar-refractivity contribution in [3.8, 4) is 80.6 Å². The van der Waals surface area contributed by atoms with E-state index in [-0.39, 0.29) is 36.5 Å². The summed E-state index contributed by atoms with van der Waals surface area (Å²) >= 11 is 14.3. The Morgan fingerprint density at radius 2 is 0.731 bits per heavy atom. The number of rotatable bonds is 9. The maximum Gasteiger partial charge on any atom is 0.490 e. The van der Waals surface area contributed by atoms with Gasteiger partial charge in [-0.25, -0.2) is 19.8 Å². The number of nitrogens with zero attached hydrogens (tertiary/aromatic N) is 13. The minimum atomic E-state index is -1.47. The molecule has 0 unspecified atom stereocenters. The first kappa shape index (κ1) is 74.3. The SMILES string of the molecule is Cl.Cl.N#Cc1ccc(-c2ccc(Cl)nc2)nc1.N#Cc1ccc(B(O)O)cc1.N#Cc1ccc(Br)nc1.N=C(N)c1ccc(-c2ccc(-c3ccc(C(=N)N)cn3)cn2)cc1.OB(O)c1ccc(Cl)nc1.[C-]#[N+]c1ccc(-c2ccc(-c3ccc(C#N)cn3)cn2)cc1. The second-order valence-corrected chi connectivity index (χ2v) is 19.8. The van der Waals surface area contributed by atoms with Crippen molar-refractivity contribution in [2.45, 2.75) is 0 Å². The topological polar surface area (TPSA) is 383 Å². The third-order valence-electron chi connectivity index (χ3n) is 12.0. The standard InChI is InChI=1S/C18H16N6.C18H10N4.C11H6ClN3.C7H6BNO2.C6H3BrN2.C5H5BClNO2.2ClH/c19-17(20)12-3-1-11(2-4-12)15-7-5-13(9-23-15)16-8-6-14(10-24-16)18(21)22;1-20-16-6-3-14(4-7-16)17-9-5-15(12-22-17)18-8-2-13(10-19)11-21-18;12-11-4-2-9(7-15-11)10-3-1-8(5-13)6-14-10;9-5-6-1-3-7(4-2-6)8(10)11;7-6-2-1-5(3-8)4-9-6;7-5-2-1-4(3-8-5)6(9)10;;/h1-10H,(H3,19,20)(H3,21,22);2-9,11-12H;1-4,6-7H;1-4,10-11H;1-2,4H;1-3,9-10H;2*1H. The quantitative estimate of drug-likeness (QED) is 0.0219. The number of amidine groups is 2. The van der Waals surface area contributed by atoms with Crippen LogP contribution in [0.15, 0.2) is 224 Å². The van der Waals surface area contributed by atoms with Crippen LogP contribution in [0.3, 0.4) is 0 Å². The van der Waals surface area contributed by atoms with E-state index in [4.69, 9.17) is 93.2 Å². The molecular weight excluding hydrogens is 1330 g/mol. The Kier molecular flexibility index (Phi) is 30.7. The van der Waals surface area contributed by atoms with Crippen LogP contribution < -0.4 is 22.4 Å². The molecule has 0 spiro atoms. The van der Waals surface area contributed by atoms with E-state index in [0.29, 0.717) is 60.3 Å². The molecule has 0 atom stereocenters. The van der Waals surface area contributed by atoms with Crippen LogP contribution in [0.5, 0.6) is 0 Å². The first-order valence-corrected chi connectivity index (χ1v) is 27.8. The van der Waals surface area contributed by atoms with Gasteiger partial charge in [-0.1, -0.05) is 89.9 Å². The van der Waals surface area contributed by atoms with Crippen molar-refractivity contribution in [2.24, 2.45) is 11.5 Å². The predicted molar refractivity (Wildman–Crippen MR) is 367 cm³/mol. The Balaban J connectivity index is 0.000000246. The molecule has 28 heteroatoms. The summed E-state index contributed by atoms with van der Waals surface area (Å²) in [7, 11) is -2.92. The lowest BCUT2D eigenvalue weighted by atomic mass is 9.80. The van der Waals surface area contributed by atoms with E-state index in [9.17, 15) is 0 Å². The van der Waals surface area contributed by atoms with E-state index < -0.39 is 14.2 Å². The monoisotopic (exact) mass is 1370 g/mol. The second kappa shape index (κ2) is 38.4. The van der Waals surface area contributed by atoms with Crippen molar-refractivity contribution in [3.63, 3.8) is 0 Å². The van der Waals surface area contributed by atoms with Crippen molar-refractivity contribution < 1.29 is 20.1 Å². The maximum atomic E-state index is 8.78. The van der Waals surface area contributed by atoms with Crippen molar-refractivity contribution in [2.75, 3.05) is 0 Å². The summed E-state index contributed by atoms with van der Waals surface area (Å²) in [5, 5.41) is 84.2. The normalized spacial score (nSPS) is 9.40. The number of nitrogens with one attached hydrogen (secondary N) is 2. The number of nitrogens with two attached hydrogens (primary N) is 2. The van der Waals surface area contributed by atoms with E-state index in [0.717, 1.165) is 60.9 Å². The Bertz CT molecular complexity index is 4240. The average Bonchev–Trinajstić information content (AvgIpc) is 1.46. The van der Waals surface area contributed by atoms with Gasteiger partial charge in [0, 0.05) is 88.4 Å². The molecule has 0 amide bonds. The lowest BCUT2D eigenvalue weighted by Crippen LogP contribution is -2.29. The zero-order valence-corrected chi connectivity index (χ0v) is 52.9. The fourth-order valence-corrected chi connectivity index (χ4v) is 7.64. The molecular formula is C65H48B2BrCl4N17O4. The minimum absolute atomic E-state index is 0. The molecule has 11 aromatic rings. The van der Waals surface area contributed by atoms with Crippen LogP contribution in [0.25, 0.3) is 61.1 Å². The Morgan fingerprint density at radius 3 is 1.06 bits per heavy atom. The van der Waals surface area contributed by atoms with Gasteiger partial charge >= 0.3 is 14.2 Å². The number of benzene rings is 3. The van der Waals surface area contributed by atoms with Crippen LogP contribution in [-0.2, 0) is 0 Å². The summed E-state index contributed by atoms with van der Waals surface area (Å²) in [5.74, 6) is 0.0430. The Hall–Kier alpha value is -11.1. The molecule has 0 bridgehead atoms. The number of halogens is 5. The molecule has 93 heavy (non-hydrogen) atoms. The van der Waals surface area contributed by atoms with Crippen LogP contribution in [0.1, 0.15) is 33.4 Å². The van der Waals surface area contributed by atoms with Crippen molar-refractivity contribution >= 4 is 106 Å². The van der Waals surface area contributed by atoms with Gasteiger partial charge in [0.2, 0.25) is 0 Å². The summed E-state index contributed by atoms with van der Waals surface area (Å²) in [5.41, 5.74) is 24.2. The van der Waals surface area contributed by atoms with Gasteiger partial charge in [0.15, 0.2) is 5.69 Å². The molecule has 0 saturated heterocycles. The third-order valence-corrected chi connectivity index (χ3v) is 12.9. The highest BCUT2D eigenvalue weighted by Crippen LogP contribution is 2.25. The van der Waals surface area contributed by atoms with Gasteiger partial charge in [0.25, 0.3) is 0 Å². The van der Waals surface area contributed by atoms with E-state index in [1.807, 2.05) is 84.9 Å². The summed E-state index contributed by atoms with van der Waals surface area (Å²) in [6, 6.07) is 57.1. The highest BCUT2D eigenvalue weighted by atomic mass is 79.9. The number of pyridine rings is 8. The van der Waals surface area contributed by atoms with Gasteiger partial charge in [0.05, 0.1) is 63.4 Å². The number of nitrogen functional groups attached to an aromatic ring is 2. The number of hydrogen-bond acceptors (Lipinski definition) is 18. The molecule has 10 N–H and O–H groups in total. The molecule has 458 valence electrons. The molecule has 0 saturated carbocycles. The van der Waals surface area contributed by atoms with Crippen LogP contribution in [-0.4, -0.2) is 85.9 Å². The predicted octanol–water partition coefficient (Wildman–Crippen LogP) is 10.5. The fraction of sp³-hybridized carbons (Fsp3) is 0. The molecule has 0 aliphatic carbocycles. The average molecular weight is 1370 g/mol. The first-order valence-electron chi connectivity index (χ1n) is 26.3. The van der Waals surface area contributed by atoms with Crippen molar-refractivity contribution in [3.05, 3.63) is 279 Å². The molecule has 0 fully saturated rings. The van der Waals surface area contributed by atoms with Crippen LogP contribution >= 0.6 is 63.9 Å².